The Kier molecular flexibility index (Phi) is 4.26. The summed E-state index contributed by atoms with van der Waals surface area (Å²) in [5.74, 6) is 0. The largest absolute Gasteiger partial charge is 0.382 e. The summed E-state index contributed by atoms with van der Waals surface area (Å²) in [7, 11) is 4.16. The Balaban J connectivity index is 1.99. The van der Waals surface area contributed by atoms with Gasteiger partial charge in [0.05, 0.1) is 0 Å². The zero-order valence-electron chi connectivity index (χ0n) is 10.9. The first-order valence-corrected chi connectivity index (χ1v) is 6.50. The van der Waals surface area contributed by atoms with E-state index < -0.39 is 0 Å². The number of anilines is 2. The molecule has 0 aliphatic carbocycles. The van der Waals surface area contributed by atoms with Crippen LogP contribution in [0.2, 0.25) is 0 Å². The molecule has 1 aromatic carbocycles. The van der Waals surface area contributed by atoms with E-state index in [1.807, 2.05) is 0 Å². The number of rotatable bonds is 3. The van der Waals surface area contributed by atoms with E-state index in [0.717, 1.165) is 13.1 Å². The summed E-state index contributed by atoms with van der Waals surface area (Å²) in [6, 6.07) is 9.25. The van der Waals surface area contributed by atoms with Crippen molar-refractivity contribution in [2.75, 3.05) is 37.4 Å². The smallest absolute Gasteiger partial charge is 0.0381 e. The molecule has 0 spiro atoms. The molecule has 17 heavy (non-hydrogen) atoms. The maximum atomic E-state index is 3.65. The zero-order chi connectivity index (χ0) is 12.1. The molecule has 1 aromatic rings. The van der Waals surface area contributed by atoms with E-state index >= 15 is 0 Å². The lowest BCUT2D eigenvalue weighted by molar-refractivity contribution is 0.637. The molecule has 1 heterocycles. The van der Waals surface area contributed by atoms with Gasteiger partial charge >= 0.3 is 0 Å². The monoisotopic (exact) mass is 233 g/mol. The second kappa shape index (κ2) is 5.92. The third kappa shape index (κ3) is 3.63. The summed E-state index contributed by atoms with van der Waals surface area (Å²) in [6.45, 7) is 2.29. The van der Waals surface area contributed by atoms with Gasteiger partial charge in [-0.3, -0.25) is 0 Å². The quantitative estimate of drug-likeness (QED) is 0.839. The zero-order valence-corrected chi connectivity index (χ0v) is 10.9. The Morgan fingerprint density at radius 2 is 2.12 bits per heavy atom. The Hall–Kier alpha value is -1.22. The molecule has 3 heteroatoms. The first kappa shape index (κ1) is 12.2. The number of benzene rings is 1. The van der Waals surface area contributed by atoms with Crippen molar-refractivity contribution in [3.05, 3.63) is 24.3 Å². The van der Waals surface area contributed by atoms with Gasteiger partial charge in [-0.2, -0.15) is 0 Å². The fourth-order valence-electron chi connectivity index (χ4n) is 2.27. The van der Waals surface area contributed by atoms with Crippen molar-refractivity contribution in [1.82, 2.24) is 5.32 Å². The molecule has 2 N–H and O–H groups in total. The minimum atomic E-state index is 0.613. The standard InChI is InChI=1S/C14H23N3/c1-17(2)14-7-3-5-13(11-14)16-12-6-4-9-15-10-8-12/h3,5,7,11-12,15-16H,4,6,8-10H2,1-2H3. The number of nitrogens with one attached hydrogen (secondary N) is 2. The van der Waals surface area contributed by atoms with Gasteiger partial charge in [-0.1, -0.05) is 6.07 Å². The number of hydrogen-bond acceptors (Lipinski definition) is 3. The van der Waals surface area contributed by atoms with Crippen molar-refractivity contribution in [2.24, 2.45) is 0 Å². The second-order valence-corrected chi connectivity index (χ2v) is 4.97. The molecule has 0 radical (unpaired) electrons. The van der Waals surface area contributed by atoms with Gasteiger partial charge in [0.1, 0.15) is 0 Å². The molecule has 1 saturated heterocycles. The molecule has 1 unspecified atom stereocenters. The number of nitrogens with zero attached hydrogens (tertiary/aromatic N) is 1. The molecule has 1 fully saturated rings. The van der Waals surface area contributed by atoms with E-state index in [9.17, 15) is 0 Å². The summed E-state index contributed by atoms with van der Waals surface area (Å²) in [4.78, 5) is 2.14. The Morgan fingerprint density at radius 3 is 2.94 bits per heavy atom. The van der Waals surface area contributed by atoms with Crippen molar-refractivity contribution in [1.29, 1.82) is 0 Å². The fraction of sp³-hybridized carbons (Fsp3) is 0.571. The van der Waals surface area contributed by atoms with E-state index in [0.29, 0.717) is 6.04 Å². The van der Waals surface area contributed by atoms with Gasteiger partial charge in [0.25, 0.3) is 0 Å². The average molecular weight is 233 g/mol. The SMILES string of the molecule is CN(C)c1cccc(NC2CCCNCC2)c1. The van der Waals surface area contributed by atoms with Crippen LogP contribution in [-0.4, -0.2) is 33.2 Å². The highest BCUT2D eigenvalue weighted by molar-refractivity contribution is 5.57. The van der Waals surface area contributed by atoms with Crippen LogP contribution in [-0.2, 0) is 0 Å². The Bertz CT molecular complexity index is 341. The van der Waals surface area contributed by atoms with Crippen molar-refractivity contribution in [3.8, 4) is 0 Å². The van der Waals surface area contributed by atoms with Gasteiger partial charge in [-0.25, -0.2) is 0 Å². The highest BCUT2D eigenvalue weighted by atomic mass is 15.1. The summed E-state index contributed by atoms with van der Waals surface area (Å²) < 4.78 is 0. The molecule has 0 saturated carbocycles. The molecular weight excluding hydrogens is 210 g/mol. The van der Waals surface area contributed by atoms with Crippen molar-refractivity contribution < 1.29 is 0 Å². The van der Waals surface area contributed by atoms with Crippen LogP contribution in [0.3, 0.4) is 0 Å². The molecule has 1 aliphatic heterocycles. The summed E-state index contributed by atoms with van der Waals surface area (Å²) in [6.07, 6.45) is 3.75. The molecule has 94 valence electrons. The Labute approximate surface area is 104 Å². The minimum Gasteiger partial charge on any atom is -0.382 e. The maximum Gasteiger partial charge on any atom is 0.0381 e. The lowest BCUT2D eigenvalue weighted by Gasteiger charge is -2.19. The van der Waals surface area contributed by atoms with Gasteiger partial charge in [0.2, 0.25) is 0 Å². The topological polar surface area (TPSA) is 27.3 Å². The van der Waals surface area contributed by atoms with E-state index in [-0.39, 0.29) is 0 Å². The molecule has 1 atom stereocenters. The van der Waals surface area contributed by atoms with Crippen LogP contribution in [0.1, 0.15) is 19.3 Å². The van der Waals surface area contributed by atoms with Crippen LogP contribution in [0.5, 0.6) is 0 Å². The summed E-state index contributed by atoms with van der Waals surface area (Å²) in [5, 5.41) is 7.09. The van der Waals surface area contributed by atoms with Crippen LogP contribution in [0.15, 0.2) is 24.3 Å². The van der Waals surface area contributed by atoms with E-state index in [2.05, 4.69) is 53.9 Å². The van der Waals surface area contributed by atoms with Gasteiger partial charge in [-0.15, -0.1) is 0 Å². The molecular formula is C14H23N3. The van der Waals surface area contributed by atoms with E-state index in [4.69, 9.17) is 0 Å². The lowest BCUT2D eigenvalue weighted by atomic mass is 10.1. The van der Waals surface area contributed by atoms with Gasteiger partial charge < -0.3 is 15.5 Å². The molecule has 0 aromatic heterocycles. The molecule has 2 rings (SSSR count). The Morgan fingerprint density at radius 1 is 1.24 bits per heavy atom. The highest BCUT2D eigenvalue weighted by Gasteiger charge is 2.11. The van der Waals surface area contributed by atoms with Crippen LogP contribution < -0.4 is 15.5 Å². The fourth-order valence-corrected chi connectivity index (χ4v) is 2.27. The van der Waals surface area contributed by atoms with Crippen LogP contribution in [0.25, 0.3) is 0 Å². The number of hydrogen-bond donors (Lipinski definition) is 2. The summed E-state index contributed by atoms with van der Waals surface area (Å²) in [5.41, 5.74) is 2.49. The predicted octanol–water partition coefficient (Wildman–Crippen LogP) is 2.31. The van der Waals surface area contributed by atoms with Gasteiger partial charge in [0, 0.05) is 31.5 Å². The molecule has 3 nitrogen and oxygen atoms in total. The molecule has 0 amide bonds. The van der Waals surface area contributed by atoms with Crippen molar-refractivity contribution >= 4 is 11.4 Å². The van der Waals surface area contributed by atoms with Gasteiger partial charge in [0.15, 0.2) is 0 Å². The van der Waals surface area contributed by atoms with Crippen molar-refractivity contribution in [3.63, 3.8) is 0 Å². The van der Waals surface area contributed by atoms with Crippen molar-refractivity contribution in [2.45, 2.75) is 25.3 Å². The second-order valence-electron chi connectivity index (χ2n) is 4.97. The van der Waals surface area contributed by atoms with Crippen LogP contribution in [0, 0.1) is 0 Å². The molecule has 1 aliphatic rings. The van der Waals surface area contributed by atoms with Gasteiger partial charge in [-0.05, 0) is 50.6 Å². The third-order valence-corrected chi connectivity index (χ3v) is 3.31. The maximum absolute atomic E-state index is 3.65. The predicted molar refractivity (Wildman–Crippen MR) is 74.9 cm³/mol. The average Bonchev–Trinajstić information content (AvgIpc) is 2.58. The molecule has 0 bridgehead atoms. The van der Waals surface area contributed by atoms with Crippen LogP contribution in [0.4, 0.5) is 11.4 Å². The minimum absolute atomic E-state index is 0.613. The van der Waals surface area contributed by atoms with Crippen LogP contribution >= 0.6 is 0 Å². The normalized spacial score (nSPS) is 20.7. The lowest BCUT2D eigenvalue weighted by Crippen LogP contribution is -2.21. The third-order valence-electron chi connectivity index (χ3n) is 3.31. The van der Waals surface area contributed by atoms with E-state index in [1.54, 1.807) is 0 Å². The first-order valence-electron chi connectivity index (χ1n) is 6.50. The van der Waals surface area contributed by atoms with E-state index in [1.165, 1.54) is 30.6 Å². The highest BCUT2D eigenvalue weighted by Crippen LogP contribution is 2.20. The first-order chi connectivity index (χ1) is 8.25. The summed E-state index contributed by atoms with van der Waals surface area (Å²) >= 11 is 0.